The van der Waals surface area contributed by atoms with Gasteiger partial charge in [0.2, 0.25) is 5.95 Å². The normalized spacial score (nSPS) is 11.3. The molecule has 0 aliphatic rings. The second-order valence-electron chi connectivity index (χ2n) is 7.12. The molecule has 3 aromatic rings. The van der Waals surface area contributed by atoms with Gasteiger partial charge in [-0.1, -0.05) is 38.3 Å². The molecule has 0 fully saturated rings. The van der Waals surface area contributed by atoms with Gasteiger partial charge in [-0.15, -0.1) is 0 Å². The van der Waals surface area contributed by atoms with Crippen LogP contribution in [0.1, 0.15) is 38.2 Å². The fourth-order valence-electron chi connectivity index (χ4n) is 2.92. The third-order valence-electron chi connectivity index (χ3n) is 4.60. The summed E-state index contributed by atoms with van der Waals surface area (Å²) in [5.74, 6) is 0.436. The first kappa shape index (κ1) is 23.8. The molecular formula is C23H24BrF3N4O. The number of alkyl halides is 3. The van der Waals surface area contributed by atoms with Crippen LogP contribution in [0.15, 0.2) is 59.2 Å². The number of para-hydroxylation sites is 1. The number of unbranched alkanes of at least 4 members (excludes halogenated alkanes) is 3. The number of ether oxygens (including phenoxy) is 1. The second kappa shape index (κ2) is 11.2. The number of rotatable bonds is 10. The van der Waals surface area contributed by atoms with Crippen molar-refractivity contribution in [2.45, 2.75) is 38.8 Å². The highest BCUT2D eigenvalue weighted by Crippen LogP contribution is 2.36. The maximum Gasteiger partial charge on any atom is 0.421 e. The molecule has 2 N–H and O–H groups in total. The zero-order valence-electron chi connectivity index (χ0n) is 17.5. The van der Waals surface area contributed by atoms with Crippen molar-refractivity contribution in [2.24, 2.45) is 0 Å². The molecule has 0 bridgehead atoms. The molecule has 0 atom stereocenters. The first-order valence-corrected chi connectivity index (χ1v) is 11.1. The quantitative estimate of drug-likeness (QED) is 0.274. The van der Waals surface area contributed by atoms with Gasteiger partial charge in [0.1, 0.15) is 17.1 Å². The minimum atomic E-state index is -4.60. The number of anilines is 4. The van der Waals surface area contributed by atoms with Gasteiger partial charge in [0.25, 0.3) is 0 Å². The number of halogens is 4. The average molecular weight is 509 g/mol. The standard InChI is InChI=1S/C23H24BrF3N4O/c1-2-3-4-7-14-32-17-12-10-16(11-13-17)29-22-28-15-18(23(25,26)27)21(31-22)30-20-9-6-5-8-19(20)24/h5-6,8-13,15H,2-4,7,14H2,1H3,(H2,28,29,30,31). The zero-order chi connectivity index (χ0) is 23.0. The SMILES string of the molecule is CCCCCCOc1ccc(Nc2ncc(C(F)(F)F)c(Nc3ccccc3Br)n2)cc1. The van der Waals surface area contributed by atoms with Crippen LogP contribution in [0.25, 0.3) is 0 Å². The Morgan fingerprint density at radius 2 is 1.72 bits per heavy atom. The van der Waals surface area contributed by atoms with E-state index in [1.54, 1.807) is 48.5 Å². The second-order valence-corrected chi connectivity index (χ2v) is 7.97. The predicted octanol–water partition coefficient (Wildman–Crippen LogP) is 7.70. The van der Waals surface area contributed by atoms with E-state index in [4.69, 9.17) is 4.74 Å². The lowest BCUT2D eigenvalue weighted by molar-refractivity contribution is -0.137. The molecular weight excluding hydrogens is 485 g/mol. The molecule has 2 aromatic carbocycles. The van der Waals surface area contributed by atoms with Gasteiger partial charge in [-0.2, -0.15) is 18.2 Å². The minimum absolute atomic E-state index is 0.0424. The van der Waals surface area contributed by atoms with Crippen LogP contribution in [0.4, 0.5) is 36.3 Å². The Labute approximate surface area is 193 Å². The summed E-state index contributed by atoms with van der Waals surface area (Å²) in [6.45, 7) is 2.81. The Kier molecular flexibility index (Phi) is 8.33. The molecule has 170 valence electrons. The molecule has 0 unspecified atom stereocenters. The van der Waals surface area contributed by atoms with Gasteiger partial charge < -0.3 is 15.4 Å². The minimum Gasteiger partial charge on any atom is -0.494 e. The summed E-state index contributed by atoms with van der Waals surface area (Å²) in [7, 11) is 0. The molecule has 0 spiro atoms. The number of nitrogens with one attached hydrogen (secondary N) is 2. The van der Waals surface area contributed by atoms with Crippen molar-refractivity contribution in [1.82, 2.24) is 9.97 Å². The summed E-state index contributed by atoms with van der Waals surface area (Å²) in [4.78, 5) is 7.91. The van der Waals surface area contributed by atoms with Gasteiger partial charge in [-0.25, -0.2) is 4.98 Å². The summed E-state index contributed by atoms with van der Waals surface area (Å²) < 4.78 is 46.7. The lowest BCUT2D eigenvalue weighted by Crippen LogP contribution is -2.12. The van der Waals surface area contributed by atoms with Crippen LogP contribution in [0.3, 0.4) is 0 Å². The van der Waals surface area contributed by atoms with Gasteiger partial charge >= 0.3 is 6.18 Å². The zero-order valence-corrected chi connectivity index (χ0v) is 19.1. The van der Waals surface area contributed by atoms with E-state index >= 15 is 0 Å². The van der Waals surface area contributed by atoms with E-state index in [9.17, 15) is 13.2 Å². The molecule has 0 saturated carbocycles. The van der Waals surface area contributed by atoms with Crippen molar-refractivity contribution in [1.29, 1.82) is 0 Å². The van der Waals surface area contributed by atoms with Crippen molar-refractivity contribution in [3.8, 4) is 5.75 Å². The number of nitrogens with zero attached hydrogens (tertiary/aromatic N) is 2. The van der Waals surface area contributed by atoms with Crippen LogP contribution >= 0.6 is 15.9 Å². The summed E-state index contributed by atoms with van der Waals surface area (Å²) in [5.41, 5.74) is 0.142. The Balaban J connectivity index is 1.72. The van der Waals surface area contributed by atoms with Crippen molar-refractivity contribution in [2.75, 3.05) is 17.2 Å². The highest BCUT2D eigenvalue weighted by molar-refractivity contribution is 9.10. The maximum atomic E-state index is 13.5. The van der Waals surface area contributed by atoms with Gasteiger partial charge in [-0.3, -0.25) is 0 Å². The molecule has 0 aliphatic heterocycles. The molecule has 0 aliphatic carbocycles. The molecule has 0 amide bonds. The van der Waals surface area contributed by atoms with Crippen molar-refractivity contribution in [3.05, 3.63) is 64.8 Å². The summed E-state index contributed by atoms with van der Waals surface area (Å²) in [5, 5.41) is 5.68. The molecule has 9 heteroatoms. The van der Waals surface area contributed by atoms with E-state index in [1.807, 2.05) is 0 Å². The third kappa shape index (κ3) is 6.85. The molecule has 5 nitrogen and oxygen atoms in total. The summed E-state index contributed by atoms with van der Waals surface area (Å²) in [6, 6.07) is 14.0. The molecule has 0 radical (unpaired) electrons. The van der Waals surface area contributed by atoms with Crippen LogP contribution in [0, 0.1) is 0 Å². The molecule has 32 heavy (non-hydrogen) atoms. The van der Waals surface area contributed by atoms with E-state index < -0.39 is 11.7 Å². The highest BCUT2D eigenvalue weighted by atomic mass is 79.9. The van der Waals surface area contributed by atoms with Crippen molar-refractivity contribution in [3.63, 3.8) is 0 Å². The number of hydrogen-bond donors (Lipinski definition) is 2. The fourth-order valence-corrected chi connectivity index (χ4v) is 3.30. The summed E-state index contributed by atoms with van der Waals surface area (Å²) in [6.07, 6.45) is 0.669. The summed E-state index contributed by atoms with van der Waals surface area (Å²) >= 11 is 3.32. The fraction of sp³-hybridized carbons (Fsp3) is 0.304. The van der Waals surface area contributed by atoms with Crippen LogP contribution in [-0.2, 0) is 6.18 Å². The average Bonchev–Trinajstić information content (AvgIpc) is 2.76. The molecule has 0 saturated heterocycles. The third-order valence-corrected chi connectivity index (χ3v) is 5.29. The van der Waals surface area contributed by atoms with Gasteiger partial charge in [0.15, 0.2) is 0 Å². The van der Waals surface area contributed by atoms with Gasteiger partial charge in [-0.05, 0) is 58.7 Å². The Morgan fingerprint density at radius 1 is 0.969 bits per heavy atom. The van der Waals surface area contributed by atoms with E-state index in [1.165, 1.54) is 12.8 Å². The molecule has 3 rings (SSSR count). The number of aromatic nitrogens is 2. The van der Waals surface area contributed by atoms with E-state index in [-0.39, 0.29) is 11.8 Å². The van der Waals surface area contributed by atoms with Crippen LogP contribution in [0.2, 0.25) is 0 Å². The lowest BCUT2D eigenvalue weighted by atomic mass is 10.2. The maximum absolute atomic E-state index is 13.5. The molecule has 1 aromatic heterocycles. The van der Waals surface area contributed by atoms with Crippen molar-refractivity contribution < 1.29 is 17.9 Å². The monoisotopic (exact) mass is 508 g/mol. The smallest absolute Gasteiger partial charge is 0.421 e. The predicted molar refractivity (Wildman–Crippen MR) is 124 cm³/mol. The van der Waals surface area contributed by atoms with E-state index in [2.05, 4.69) is 43.5 Å². The number of hydrogen-bond acceptors (Lipinski definition) is 5. The van der Waals surface area contributed by atoms with E-state index in [0.717, 1.165) is 24.8 Å². The Bertz CT molecular complexity index is 1010. The lowest BCUT2D eigenvalue weighted by Gasteiger charge is -2.15. The van der Waals surface area contributed by atoms with Crippen LogP contribution in [-0.4, -0.2) is 16.6 Å². The first-order chi connectivity index (χ1) is 15.4. The van der Waals surface area contributed by atoms with Crippen LogP contribution < -0.4 is 15.4 Å². The first-order valence-electron chi connectivity index (χ1n) is 10.3. The molecule has 1 heterocycles. The number of benzene rings is 2. The topological polar surface area (TPSA) is 59.1 Å². The van der Waals surface area contributed by atoms with Gasteiger partial charge in [0, 0.05) is 16.4 Å². The van der Waals surface area contributed by atoms with Crippen molar-refractivity contribution >= 4 is 39.1 Å². The Hall–Kier alpha value is -2.81. The van der Waals surface area contributed by atoms with E-state index in [0.29, 0.717) is 22.5 Å². The highest BCUT2D eigenvalue weighted by Gasteiger charge is 2.35. The van der Waals surface area contributed by atoms with Gasteiger partial charge in [0.05, 0.1) is 12.3 Å². The van der Waals surface area contributed by atoms with Crippen LogP contribution in [0.5, 0.6) is 5.75 Å². The Morgan fingerprint density at radius 3 is 2.41 bits per heavy atom. The largest absolute Gasteiger partial charge is 0.494 e.